The van der Waals surface area contributed by atoms with E-state index in [-0.39, 0.29) is 28.3 Å². The topological polar surface area (TPSA) is 77.3 Å². The van der Waals surface area contributed by atoms with Crippen LogP contribution in [-0.2, 0) is 0 Å². The molecule has 6 nitrogen and oxygen atoms in total. The molecule has 0 saturated heterocycles. The first-order valence-corrected chi connectivity index (χ1v) is 27.0. The van der Waals surface area contributed by atoms with Crippen molar-refractivity contribution in [1.82, 2.24) is 29.9 Å². The summed E-state index contributed by atoms with van der Waals surface area (Å²) >= 11 is 14.2. The summed E-state index contributed by atoms with van der Waals surface area (Å²) in [6.45, 7) is 0. The number of aromatic nitrogens is 6. The summed E-state index contributed by atoms with van der Waals surface area (Å²) in [4.78, 5) is 25.2. The monoisotopic (exact) mass is 1040 g/mol. The van der Waals surface area contributed by atoms with E-state index in [9.17, 15) is 0 Å². The van der Waals surface area contributed by atoms with Crippen molar-refractivity contribution in [2.75, 3.05) is 0 Å². The van der Waals surface area contributed by atoms with Crippen LogP contribution in [0.3, 0.4) is 0 Å². The second-order valence-electron chi connectivity index (χ2n) is 14.3. The fraction of sp³-hybridized carbons (Fsp3) is 0. The van der Waals surface area contributed by atoms with Gasteiger partial charge < -0.3 is 12.4 Å². The van der Waals surface area contributed by atoms with Gasteiger partial charge in [-0.1, -0.05) is 224 Å². The summed E-state index contributed by atoms with van der Waals surface area (Å²) in [7, 11) is 14.8. The van der Waals surface area contributed by atoms with Crippen LogP contribution >= 0.6 is 65.0 Å². The predicted molar refractivity (Wildman–Crippen MR) is 282 cm³/mol. The molecule has 8 aromatic carbocycles. The van der Waals surface area contributed by atoms with Crippen molar-refractivity contribution in [1.29, 1.82) is 0 Å². The lowest BCUT2D eigenvalue weighted by molar-refractivity contribution is -0.0000129. The first kappa shape index (κ1) is 51.7. The van der Waals surface area contributed by atoms with Crippen LogP contribution in [-0.4, -0.2) is 41.3 Å². The minimum Gasteiger partial charge on any atom is -1.00 e. The Balaban J connectivity index is 0.000000238. The number of benzene rings is 8. The molecule has 0 radical (unpaired) electrons. The van der Waals surface area contributed by atoms with Gasteiger partial charge in [-0.15, -0.1) is 0 Å². The fourth-order valence-corrected chi connectivity index (χ4v) is 7.26. The maximum absolute atomic E-state index is 5.32. The van der Waals surface area contributed by atoms with E-state index in [4.69, 9.17) is 79.9 Å². The SMILES string of the molecule is Clc1nc(Cl)nc(Cl)n1.[Cl-].[Cl][Al]([Cl])[Cl].c1ccc(-c2ccc(-c3nc(-c4ccc(-c5ccccc5)cc4)nc(-c4ccc(-c5ccccc5)cc4)n3)cc2)cc1.c1ccc(-c2ccccc2)cc1. The van der Waals surface area contributed by atoms with Gasteiger partial charge in [-0.25, -0.2) is 45.1 Å². The number of hydrogen-bond donors (Lipinski definition) is 0. The van der Waals surface area contributed by atoms with Gasteiger partial charge in [-0.2, -0.15) is 15.0 Å². The molecular weight excluding hydrogens is 1010 g/mol. The van der Waals surface area contributed by atoms with Gasteiger partial charge in [-0.3, -0.25) is 0 Å². The first-order chi connectivity index (χ1) is 32.7. The molecule has 0 fully saturated rings. The molecule has 10 aromatic rings. The highest BCUT2D eigenvalue weighted by Crippen LogP contribution is 2.30. The summed E-state index contributed by atoms with van der Waals surface area (Å²) < 4.78 is 0. The van der Waals surface area contributed by atoms with E-state index in [2.05, 4.69) is 209 Å². The maximum atomic E-state index is 5.32. The van der Waals surface area contributed by atoms with Crippen LogP contribution in [0.25, 0.3) is 78.7 Å². The van der Waals surface area contributed by atoms with Gasteiger partial charge in [0.25, 0.3) is 0 Å². The van der Waals surface area contributed by atoms with Crippen molar-refractivity contribution in [3.05, 3.63) is 240 Å². The summed E-state index contributed by atoms with van der Waals surface area (Å²) in [5.41, 5.74) is 12.4. The zero-order valence-electron chi connectivity index (χ0n) is 35.8. The predicted octanol–water partition coefficient (Wildman–Crippen LogP) is 13.8. The number of rotatable bonds is 7. The molecule has 0 atom stereocenters. The molecule has 0 aliphatic rings. The van der Waals surface area contributed by atoms with Crippen LogP contribution in [0.1, 0.15) is 0 Å². The zero-order valence-corrected chi connectivity index (χ0v) is 42.2. The third-order valence-corrected chi connectivity index (χ3v) is 10.3. The molecule has 0 unspecified atom stereocenters. The number of halogens is 7. The molecule has 2 heterocycles. The smallest absolute Gasteiger partial charge is 0.643 e. The Morgan fingerprint density at radius 1 is 0.221 bits per heavy atom. The summed E-state index contributed by atoms with van der Waals surface area (Å²) in [6, 6.07) is 77.2. The average molecular weight is 1050 g/mol. The molecule has 0 saturated carbocycles. The van der Waals surface area contributed by atoms with Crippen LogP contribution < -0.4 is 12.4 Å². The minimum atomic E-state index is -1.72. The molecule has 0 aliphatic heterocycles. The van der Waals surface area contributed by atoms with E-state index >= 15 is 0 Å². The third kappa shape index (κ3) is 15.7. The van der Waals surface area contributed by atoms with Crippen molar-refractivity contribution >= 4 is 76.3 Å². The average Bonchev–Trinajstić information content (AvgIpc) is 3.37. The third-order valence-electron chi connectivity index (χ3n) is 9.82. The Morgan fingerprint density at radius 3 is 0.544 bits per heavy atom. The highest BCUT2D eigenvalue weighted by molar-refractivity contribution is 7.54. The first-order valence-electron chi connectivity index (χ1n) is 20.7. The molecule has 14 heteroatoms. The summed E-state index contributed by atoms with van der Waals surface area (Å²) in [6.07, 6.45) is 0. The molecule has 2 aromatic heterocycles. The molecular formula is C54H37AlCl7N6-. The highest BCUT2D eigenvalue weighted by atomic mass is 35.8. The second-order valence-corrected chi connectivity index (χ2v) is 21.7. The largest absolute Gasteiger partial charge is 1.00 e. The van der Waals surface area contributed by atoms with Crippen molar-refractivity contribution in [2.45, 2.75) is 0 Å². The fourth-order valence-electron chi connectivity index (χ4n) is 6.65. The highest BCUT2D eigenvalue weighted by Gasteiger charge is 2.14. The maximum Gasteiger partial charge on any atom is 0.643 e. The second kappa shape index (κ2) is 26.8. The van der Waals surface area contributed by atoms with Crippen LogP contribution in [0.15, 0.2) is 224 Å². The van der Waals surface area contributed by atoms with E-state index < -0.39 is 11.4 Å². The Kier molecular flexibility index (Phi) is 20.4. The van der Waals surface area contributed by atoms with Gasteiger partial charge in [0.1, 0.15) is 0 Å². The van der Waals surface area contributed by atoms with Crippen LogP contribution in [0.2, 0.25) is 15.9 Å². The van der Waals surface area contributed by atoms with E-state index in [1.54, 1.807) is 0 Å². The Labute approximate surface area is 434 Å². The normalized spacial score (nSPS) is 10.1. The standard InChI is InChI=1S/C39H27N3.C12H10.C3Cl3N3.Al.4ClH/c1-4-10-28(11-5-1)31-16-22-34(23-17-31)37-40-38(35-24-18-32(19-25-35)29-12-6-2-7-13-29)42-39(41-37)36-26-20-33(21-27-36)30-14-8-3-9-15-30;1-3-7-11(8-4-1)12-9-5-2-6-10-12;4-1-7-2(5)9-3(6)8-1;;;;;/h1-27H;1-10H;;;4*1H/q;;;+3;;;;/p-4. The Hall–Kier alpha value is -5.66. The summed E-state index contributed by atoms with van der Waals surface area (Å²) in [5.74, 6) is 1.94. The lowest BCUT2D eigenvalue weighted by Gasteiger charge is -2.10. The minimum absolute atomic E-state index is 0. The lowest BCUT2D eigenvalue weighted by atomic mass is 10.0. The van der Waals surface area contributed by atoms with Crippen LogP contribution in [0.4, 0.5) is 0 Å². The van der Waals surface area contributed by atoms with Crippen LogP contribution in [0.5, 0.6) is 0 Å². The van der Waals surface area contributed by atoms with Crippen LogP contribution in [0, 0.1) is 0 Å². The van der Waals surface area contributed by atoms with Crippen molar-refractivity contribution in [3.63, 3.8) is 0 Å². The van der Waals surface area contributed by atoms with Gasteiger partial charge in [0.2, 0.25) is 15.9 Å². The number of nitrogens with zero attached hydrogens (tertiary/aromatic N) is 6. The van der Waals surface area contributed by atoms with Crippen molar-refractivity contribution in [3.8, 4) is 78.7 Å². The molecule has 10 rings (SSSR count). The van der Waals surface area contributed by atoms with Crippen molar-refractivity contribution in [2.24, 2.45) is 0 Å². The van der Waals surface area contributed by atoms with E-state index in [0.717, 1.165) is 33.4 Å². The van der Waals surface area contributed by atoms with Gasteiger partial charge in [-0.05, 0) is 79.3 Å². The van der Waals surface area contributed by atoms with Gasteiger partial charge in [0, 0.05) is 16.7 Å². The van der Waals surface area contributed by atoms with Crippen molar-refractivity contribution < 1.29 is 12.4 Å². The molecule has 336 valence electrons. The van der Waals surface area contributed by atoms with Gasteiger partial charge >= 0.3 is 11.4 Å². The zero-order chi connectivity index (χ0) is 46.8. The summed E-state index contributed by atoms with van der Waals surface area (Å²) in [5, 5.41) is 0.00000000000000178. The van der Waals surface area contributed by atoms with E-state index in [0.29, 0.717) is 17.5 Å². The van der Waals surface area contributed by atoms with E-state index in [1.165, 1.54) is 27.8 Å². The van der Waals surface area contributed by atoms with E-state index in [1.807, 2.05) is 30.3 Å². The Bertz CT molecular complexity index is 2720. The molecule has 68 heavy (non-hydrogen) atoms. The molecule has 0 N–H and O–H groups in total. The quantitative estimate of drug-likeness (QED) is 0.148. The van der Waals surface area contributed by atoms with Gasteiger partial charge in [0.15, 0.2) is 17.5 Å². The number of hydrogen-bond acceptors (Lipinski definition) is 6. The Morgan fingerprint density at radius 2 is 0.368 bits per heavy atom. The van der Waals surface area contributed by atoms with Gasteiger partial charge in [0.05, 0.1) is 0 Å². The molecule has 0 spiro atoms. The lowest BCUT2D eigenvalue weighted by Crippen LogP contribution is -3.00. The molecule has 0 aliphatic carbocycles. The molecule has 0 amide bonds. The molecule has 0 bridgehead atoms.